The van der Waals surface area contributed by atoms with Gasteiger partial charge in [-0.3, -0.25) is 4.79 Å². The lowest BCUT2D eigenvalue weighted by Crippen LogP contribution is -2.31. The van der Waals surface area contributed by atoms with Crippen molar-refractivity contribution < 1.29 is 19.0 Å². The first kappa shape index (κ1) is 14.4. The third-order valence-electron chi connectivity index (χ3n) is 3.87. The van der Waals surface area contributed by atoms with Crippen LogP contribution in [0.3, 0.4) is 0 Å². The smallest absolute Gasteiger partial charge is 0.341 e. The maximum Gasteiger partial charge on any atom is 0.341 e. The molecule has 2 aromatic rings. The summed E-state index contributed by atoms with van der Waals surface area (Å²) in [4.78, 5) is 25.3. The number of hydrogen-bond donors (Lipinski definition) is 1. The Labute approximate surface area is 125 Å². The predicted molar refractivity (Wildman–Crippen MR) is 79.6 cm³/mol. The van der Waals surface area contributed by atoms with Crippen LogP contribution < -0.4 is 15.1 Å². The van der Waals surface area contributed by atoms with E-state index in [1.54, 1.807) is 16.5 Å². The molecule has 0 fully saturated rings. The van der Waals surface area contributed by atoms with Crippen LogP contribution in [0.2, 0.25) is 0 Å². The summed E-state index contributed by atoms with van der Waals surface area (Å²) in [6.07, 6.45) is 1.28. The molecule has 1 aromatic heterocycles. The van der Waals surface area contributed by atoms with E-state index in [1.165, 1.54) is 6.20 Å². The summed E-state index contributed by atoms with van der Waals surface area (Å²) in [5.41, 5.74) is -0.354. The van der Waals surface area contributed by atoms with Crippen molar-refractivity contribution in [2.45, 2.75) is 13.5 Å². The van der Waals surface area contributed by atoms with Crippen LogP contribution in [0.5, 0.6) is 5.75 Å². The Bertz CT molecular complexity index is 844. The SMILES string of the molecule is CCn1cc(C(=O)O)c(=O)c2cc(F)c3c(c21)OCCN3C. The molecule has 1 aromatic carbocycles. The van der Waals surface area contributed by atoms with E-state index < -0.39 is 17.2 Å². The van der Waals surface area contributed by atoms with E-state index in [4.69, 9.17) is 9.84 Å². The van der Waals surface area contributed by atoms with Crippen LogP contribution in [-0.4, -0.2) is 35.8 Å². The molecule has 1 aliphatic rings. The lowest BCUT2D eigenvalue weighted by molar-refractivity contribution is 0.0695. The third kappa shape index (κ3) is 1.93. The number of aromatic nitrogens is 1. The van der Waals surface area contributed by atoms with Crippen LogP contribution in [0.25, 0.3) is 10.9 Å². The van der Waals surface area contributed by atoms with Gasteiger partial charge in [-0.1, -0.05) is 0 Å². The molecule has 2 heterocycles. The maximum absolute atomic E-state index is 14.4. The molecule has 0 aliphatic carbocycles. The van der Waals surface area contributed by atoms with E-state index in [2.05, 4.69) is 0 Å². The van der Waals surface area contributed by atoms with E-state index in [1.807, 2.05) is 6.92 Å². The van der Waals surface area contributed by atoms with Crippen molar-refractivity contribution in [2.75, 3.05) is 25.1 Å². The number of fused-ring (bicyclic) bond motifs is 3. The Kier molecular flexibility index (Phi) is 3.27. The average molecular weight is 306 g/mol. The zero-order chi connectivity index (χ0) is 16.0. The lowest BCUT2D eigenvalue weighted by Gasteiger charge is -2.29. The second kappa shape index (κ2) is 5.01. The van der Waals surface area contributed by atoms with Gasteiger partial charge in [-0.2, -0.15) is 0 Å². The summed E-state index contributed by atoms with van der Waals surface area (Å²) in [7, 11) is 1.75. The Morgan fingerprint density at radius 3 is 2.86 bits per heavy atom. The number of hydrogen-bond acceptors (Lipinski definition) is 4. The fraction of sp³-hybridized carbons (Fsp3) is 0.333. The van der Waals surface area contributed by atoms with Crippen molar-refractivity contribution in [3.8, 4) is 5.75 Å². The highest BCUT2D eigenvalue weighted by Gasteiger charge is 2.26. The van der Waals surface area contributed by atoms with Crippen LogP contribution in [-0.2, 0) is 6.54 Å². The van der Waals surface area contributed by atoms with Crippen molar-refractivity contribution in [2.24, 2.45) is 0 Å². The molecular formula is C15H15FN2O4. The standard InChI is InChI=1S/C15H15FN2O4/c1-3-18-7-9(15(20)21)13(19)8-6-10(16)12-14(11(8)18)22-5-4-17(12)2/h6-7H,3-5H2,1-2H3,(H,20,21). The van der Waals surface area contributed by atoms with Gasteiger partial charge in [0.05, 0.1) is 17.4 Å². The van der Waals surface area contributed by atoms with Crippen LogP contribution in [0.15, 0.2) is 17.1 Å². The monoisotopic (exact) mass is 306 g/mol. The second-order valence-electron chi connectivity index (χ2n) is 5.17. The van der Waals surface area contributed by atoms with Gasteiger partial charge in [0.2, 0.25) is 5.43 Å². The lowest BCUT2D eigenvalue weighted by atomic mass is 10.1. The highest BCUT2D eigenvalue weighted by atomic mass is 19.1. The van der Waals surface area contributed by atoms with Crippen molar-refractivity contribution in [1.29, 1.82) is 0 Å². The number of halogens is 1. The number of carboxylic acid groups (broad SMARTS) is 1. The van der Waals surface area contributed by atoms with E-state index in [9.17, 15) is 14.0 Å². The van der Waals surface area contributed by atoms with Crippen molar-refractivity contribution in [3.63, 3.8) is 0 Å². The van der Waals surface area contributed by atoms with E-state index in [-0.39, 0.29) is 10.9 Å². The molecule has 116 valence electrons. The maximum atomic E-state index is 14.4. The molecule has 6 nitrogen and oxygen atoms in total. The number of ether oxygens (including phenoxy) is 1. The Morgan fingerprint density at radius 1 is 1.50 bits per heavy atom. The fourth-order valence-electron chi connectivity index (χ4n) is 2.78. The van der Waals surface area contributed by atoms with Gasteiger partial charge in [0.25, 0.3) is 0 Å². The topological polar surface area (TPSA) is 71.8 Å². The molecular weight excluding hydrogens is 291 g/mol. The Morgan fingerprint density at radius 2 is 2.23 bits per heavy atom. The van der Waals surface area contributed by atoms with Crippen LogP contribution >= 0.6 is 0 Å². The largest absolute Gasteiger partial charge is 0.487 e. The van der Waals surface area contributed by atoms with Crippen LogP contribution in [0, 0.1) is 5.82 Å². The number of carbonyl (C=O) groups is 1. The van der Waals surface area contributed by atoms with Crippen LogP contribution in [0.1, 0.15) is 17.3 Å². The van der Waals surface area contributed by atoms with E-state index in [0.29, 0.717) is 36.6 Å². The summed E-state index contributed by atoms with van der Waals surface area (Å²) in [6.45, 7) is 3.17. The molecule has 0 amide bonds. The van der Waals surface area contributed by atoms with Gasteiger partial charge in [0, 0.05) is 19.8 Å². The number of carboxylic acids is 1. The second-order valence-corrected chi connectivity index (χ2v) is 5.17. The predicted octanol–water partition coefficient (Wildman–Crippen LogP) is 1.69. The van der Waals surface area contributed by atoms with Gasteiger partial charge < -0.3 is 19.3 Å². The average Bonchev–Trinajstić information content (AvgIpc) is 2.48. The molecule has 0 saturated heterocycles. The normalized spacial score (nSPS) is 13.9. The summed E-state index contributed by atoms with van der Waals surface area (Å²) in [6, 6.07) is 1.10. The molecule has 7 heteroatoms. The summed E-state index contributed by atoms with van der Waals surface area (Å²) in [5, 5.41) is 9.17. The zero-order valence-electron chi connectivity index (χ0n) is 12.2. The quantitative estimate of drug-likeness (QED) is 0.914. The summed E-state index contributed by atoms with van der Waals surface area (Å²) < 4.78 is 21.6. The minimum atomic E-state index is -1.33. The number of aromatic carboxylic acids is 1. The highest BCUT2D eigenvalue weighted by Crippen LogP contribution is 2.39. The molecule has 0 spiro atoms. The molecule has 0 bridgehead atoms. The molecule has 22 heavy (non-hydrogen) atoms. The Hall–Kier alpha value is -2.57. The molecule has 1 N–H and O–H groups in total. The summed E-state index contributed by atoms with van der Waals surface area (Å²) in [5.74, 6) is -1.63. The first-order valence-electron chi connectivity index (χ1n) is 6.92. The highest BCUT2D eigenvalue weighted by molar-refractivity contribution is 5.97. The molecule has 0 atom stereocenters. The number of anilines is 1. The first-order chi connectivity index (χ1) is 10.5. The van der Waals surface area contributed by atoms with Crippen LogP contribution in [0.4, 0.5) is 10.1 Å². The molecule has 3 rings (SSSR count). The number of aryl methyl sites for hydroxylation is 1. The number of rotatable bonds is 2. The third-order valence-corrected chi connectivity index (χ3v) is 3.87. The summed E-state index contributed by atoms with van der Waals surface area (Å²) >= 11 is 0. The fourth-order valence-corrected chi connectivity index (χ4v) is 2.78. The zero-order valence-corrected chi connectivity index (χ0v) is 12.2. The number of nitrogens with zero attached hydrogens (tertiary/aromatic N) is 2. The van der Waals surface area contributed by atoms with Gasteiger partial charge in [0.1, 0.15) is 17.9 Å². The van der Waals surface area contributed by atoms with E-state index in [0.717, 1.165) is 6.07 Å². The number of benzene rings is 1. The van der Waals surface area contributed by atoms with Gasteiger partial charge >= 0.3 is 5.97 Å². The molecule has 0 radical (unpaired) electrons. The van der Waals surface area contributed by atoms with Crippen molar-refractivity contribution in [3.05, 3.63) is 33.9 Å². The van der Waals surface area contributed by atoms with Gasteiger partial charge in [0.15, 0.2) is 11.6 Å². The van der Waals surface area contributed by atoms with Gasteiger partial charge in [-0.25, -0.2) is 9.18 Å². The number of likely N-dealkylation sites (N-methyl/N-ethyl adjacent to an activating group) is 1. The first-order valence-corrected chi connectivity index (χ1v) is 6.92. The number of pyridine rings is 1. The Balaban J connectivity index is 2.50. The minimum absolute atomic E-state index is 0.0216. The molecule has 1 aliphatic heterocycles. The van der Waals surface area contributed by atoms with E-state index >= 15 is 0 Å². The molecule has 0 unspecified atom stereocenters. The van der Waals surface area contributed by atoms with Gasteiger partial charge in [-0.05, 0) is 13.0 Å². The van der Waals surface area contributed by atoms with Crippen molar-refractivity contribution >= 4 is 22.6 Å². The minimum Gasteiger partial charge on any atom is -0.487 e. The van der Waals surface area contributed by atoms with Gasteiger partial charge in [-0.15, -0.1) is 0 Å². The molecule has 0 saturated carbocycles. The van der Waals surface area contributed by atoms with Crippen molar-refractivity contribution in [1.82, 2.24) is 4.57 Å².